The predicted octanol–water partition coefficient (Wildman–Crippen LogP) is -0.537. The van der Waals surface area contributed by atoms with Gasteiger partial charge in [0.2, 0.25) is 11.8 Å². The molecule has 156 valence electrons. The lowest BCUT2D eigenvalue weighted by Crippen LogP contribution is -2.53. The Kier molecular flexibility index (Phi) is 7.37. The van der Waals surface area contributed by atoms with Gasteiger partial charge in [0.05, 0.1) is 18.7 Å². The molecule has 0 spiro atoms. The SMILES string of the molecule is N=C(N)c1cccc(C(=O)N(C(=O)[C@H](CC(N)=O)NC(=O)CN)c2ccccc2)c1. The highest BCUT2D eigenvalue weighted by Gasteiger charge is 2.33. The number of carbonyl (C=O) groups is 4. The van der Waals surface area contributed by atoms with Gasteiger partial charge in [-0.05, 0) is 24.3 Å². The smallest absolute Gasteiger partial charge is 0.265 e. The molecular formula is C20H22N6O4. The van der Waals surface area contributed by atoms with Gasteiger partial charge in [0.25, 0.3) is 11.8 Å². The van der Waals surface area contributed by atoms with Crippen LogP contribution in [0.5, 0.6) is 0 Å². The molecule has 4 amide bonds. The molecule has 10 nitrogen and oxygen atoms in total. The summed E-state index contributed by atoms with van der Waals surface area (Å²) in [6, 6.07) is 12.5. The number of nitrogens with zero attached hydrogens (tertiary/aromatic N) is 1. The number of hydrogen-bond donors (Lipinski definition) is 5. The third kappa shape index (κ3) is 5.49. The Morgan fingerprint density at radius 2 is 1.60 bits per heavy atom. The zero-order valence-corrected chi connectivity index (χ0v) is 16.0. The van der Waals surface area contributed by atoms with E-state index >= 15 is 0 Å². The van der Waals surface area contributed by atoms with Crippen LogP contribution in [0.15, 0.2) is 54.6 Å². The third-order valence-electron chi connectivity index (χ3n) is 4.08. The first-order valence-corrected chi connectivity index (χ1v) is 8.90. The molecule has 0 bridgehead atoms. The van der Waals surface area contributed by atoms with Crippen molar-refractivity contribution in [2.24, 2.45) is 17.2 Å². The number of amides is 4. The highest BCUT2D eigenvalue weighted by molar-refractivity contribution is 6.23. The number of nitrogens with two attached hydrogens (primary N) is 3. The van der Waals surface area contributed by atoms with E-state index < -0.39 is 42.6 Å². The van der Waals surface area contributed by atoms with Crippen LogP contribution in [-0.2, 0) is 14.4 Å². The summed E-state index contributed by atoms with van der Waals surface area (Å²) in [6.07, 6.45) is -0.519. The largest absolute Gasteiger partial charge is 0.384 e. The number of hydrogen-bond acceptors (Lipinski definition) is 6. The van der Waals surface area contributed by atoms with Crippen LogP contribution in [0.2, 0.25) is 0 Å². The summed E-state index contributed by atoms with van der Waals surface area (Å²) in [5, 5.41) is 9.87. The summed E-state index contributed by atoms with van der Waals surface area (Å²) in [7, 11) is 0. The number of nitrogens with one attached hydrogen (secondary N) is 2. The van der Waals surface area contributed by atoms with Gasteiger partial charge >= 0.3 is 0 Å². The lowest BCUT2D eigenvalue weighted by Gasteiger charge is -2.26. The monoisotopic (exact) mass is 410 g/mol. The third-order valence-corrected chi connectivity index (χ3v) is 4.08. The fraction of sp³-hybridized carbons (Fsp3) is 0.150. The van der Waals surface area contributed by atoms with Crippen molar-refractivity contribution in [1.82, 2.24) is 5.32 Å². The van der Waals surface area contributed by atoms with E-state index in [1.807, 2.05) is 0 Å². The van der Waals surface area contributed by atoms with Gasteiger partial charge in [-0.2, -0.15) is 0 Å². The van der Waals surface area contributed by atoms with Gasteiger partial charge < -0.3 is 22.5 Å². The minimum absolute atomic E-state index is 0.0860. The van der Waals surface area contributed by atoms with Crippen molar-refractivity contribution in [1.29, 1.82) is 5.41 Å². The first-order chi connectivity index (χ1) is 14.2. The maximum absolute atomic E-state index is 13.2. The maximum Gasteiger partial charge on any atom is 0.265 e. The molecular weight excluding hydrogens is 388 g/mol. The number of primary amides is 1. The van der Waals surface area contributed by atoms with E-state index in [1.165, 1.54) is 30.3 Å². The van der Waals surface area contributed by atoms with E-state index in [1.54, 1.807) is 24.3 Å². The van der Waals surface area contributed by atoms with Crippen molar-refractivity contribution in [3.8, 4) is 0 Å². The molecule has 2 rings (SSSR count). The lowest BCUT2D eigenvalue weighted by molar-refractivity contribution is -0.129. The van der Waals surface area contributed by atoms with E-state index in [-0.39, 0.29) is 17.1 Å². The van der Waals surface area contributed by atoms with E-state index in [0.29, 0.717) is 5.56 Å². The zero-order valence-electron chi connectivity index (χ0n) is 16.0. The predicted molar refractivity (Wildman–Crippen MR) is 111 cm³/mol. The van der Waals surface area contributed by atoms with Crippen LogP contribution >= 0.6 is 0 Å². The molecule has 10 heteroatoms. The number of rotatable bonds is 8. The normalized spacial score (nSPS) is 11.2. The van der Waals surface area contributed by atoms with E-state index in [4.69, 9.17) is 22.6 Å². The molecule has 30 heavy (non-hydrogen) atoms. The molecule has 0 fully saturated rings. The van der Waals surface area contributed by atoms with Crippen LogP contribution in [0.25, 0.3) is 0 Å². The number of para-hydroxylation sites is 1. The fourth-order valence-electron chi connectivity index (χ4n) is 2.68. The maximum atomic E-state index is 13.2. The highest BCUT2D eigenvalue weighted by Crippen LogP contribution is 2.20. The van der Waals surface area contributed by atoms with Crippen LogP contribution in [0.1, 0.15) is 22.3 Å². The second-order valence-electron chi connectivity index (χ2n) is 6.30. The topological polar surface area (TPSA) is 185 Å². The van der Waals surface area contributed by atoms with Crippen molar-refractivity contribution >= 4 is 35.2 Å². The van der Waals surface area contributed by atoms with Crippen LogP contribution in [0.4, 0.5) is 5.69 Å². The number of benzene rings is 2. The fourth-order valence-corrected chi connectivity index (χ4v) is 2.68. The summed E-state index contributed by atoms with van der Waals surface area (Å²) in [5.41, 5.74) is 16.6. The van der Waals surface area contributed by atoms with Crippen LogP contribution in [-0.4, -0.2) is 42.1 Å². The van der Waals surface area contributed by atoms with Crippen LogP contribution in [0.3, 0.4) is 0 Å². The van der Waals surface area contributed by atoms with Gasteiger partial charge in [0.15, 0.2) is 0 Å². The van der Waals surface area contributed by atoms with E-state index in [0.717, 1.165) is 4.90 Å². The Bertz CT molecular complexity index is 976. The van der Waals surface area contributed by atoms with Gasteiger partial charge in [-0.25, -0.2) is 4.90 Å². The lowest BCUT2D eigenvalue weighted by atomic mass is 10.1. The molecule has 0 saturated heterocycles. The molecule has 2 aromatic carbocycles. The molecule has 8 N–H and O–H groups in total. The number of nitrogen functional groups attached to an aromatic ring is 1. The Morgan fingerprint density at radius 1 is 0.967 bits per heavy atom. The summed E-state index contributed by atoms with van der Waals surface area (Å²) < 4.78 is 0. The number of anilines is 1. The van der Waals surface area contributed by atoms with Crippen LogP contribution < -0.4 is 27.4 Å². The molecule has 0 aromatic heterocycles. The average Bonchev–Trinajstić information content (AvgIpc) is 2.73. The number of imide groups is 1. The Balaban J connectivity index is 2.51. The van der Waals surface area contributed by atoms with Gasteiger partial charge in [-0.1, -0.05) is 30.3 Å². The Hall–Kier alpha value is -4.05. The Labute approximate surface area is 172 Å². The van der Waals surface area contributed by atoms with Crippen molar-refractivity contribution in [2.75, 3.05) is 11.4 Å². The van der Waals surface area contributed by atoms with Gasteiger partial charge in [0.1, 0.15) is 11.9 Å². The molecule has 0 saturated carbocycles. The molecule has 0 radical (unpaired) electrons. The number of amidine groups is 1. The summed E-state index contributed by atoms with van der Waals surface area (Å²) in [6.45, 7) is -0.414. The quantitative estimate of drug-likeness (QED) is 0.287. The first kappa shape index (κ1) is 22.2. The van der Waals surface area contributed by atoms with Crippen molar-refractivity contribution in [2.45, 2.75) is 12.5 Å². The second-order valence-corrected chi connectivity index (χ2v) is 6.30. The minimum Gasteiger partial charge on any atom is -0.384 e. The summed E-state index contributed by atoms with van der Waals surface area (Å²) in [4.78, 5) is 50.5. The zero-order chi connectivity index (χ0) is 22.3. The standard InChI is InChI=1S/C20H22N6O4/c21-11-17(28)25-15(10-16(22)27)20(30)26(14-7-2-1-3-8-14)19(29)13-6-4-5-12(9-13)18(23)24/h1-9,15H,10-11,21H2,(H2,22,27)(H3,23,24)(H,25,28)/t15-/m0/s1. The van der Waals surface area contributed by atoms with E-state index in [2.05, 4.69) is 5.32 Å². The summed E-state index contributed by atoms with van der Waals surface area (Å²) in [5.74, 6) is -3.37. The van der Waals surface area contributed by atoms with Gasteiger partial charge in [-0.15, -0.1) is 0 Å². The van der Waals surface area contributed by atoms with Crippen LogP contribution in [0, 0.1) is 5.41 Å². The van der Waals surface area contributed by atoms with E-state index in [9.17, 15) is 19.2 Å². The summed E-state index contributed by atoms with van der Waals surface area (Å²) >= 11 is 0. The average molecular weight is 410 g/mol. The molecule has 0 aliphatic heterocycles. The molecule has 0 aliphatic rings. The van der Waals surface area contributed by atoms with Gasteiger partial charge in [0, 0.05) is 11.1 Å². The number of carbonyl (C=O) groups excluding carboxylic acids is 4. The molecule has 0 unspecified atom stereocenters. The minimum atomic E-state index is -1.39. The van der Waals surface area contributed by atoms with Crippen molar-refractivity contribution in [3.63, 3.8) is 0 Å². The van der Waals surface area contributed by atoms with Crippen molar-refractivity contribution in [3.05, 3.63) is 65.7 Å². The molecule has 1 atom stereocenters. The second kappa shape index (κ2) is 9.94. The first-order valence-electron chi connectivity index (χ1n) is 8.90. The Morgan fingerprint density at radius 3 is 2.17 bits per heavy atom. The molecule has 0 heterocycles. The molecule has 0 aliphatic carbocycles. The van der Waals surface area contributed by atoms with Gasteiger partial charge in [-0.3, -0.25) is 24.6 Å². The highest BCUT2D eigenvalue weighted by atomic mass is 16.2. The van der Waals surface area contributed by atoms with Crippen molar-refractivity contribution < 1.29 is 19.2 Å². The molecule has 2 aromatic rings.